The molecule has 3 nitrogen and oxygen atoms in total. The van der Waals surface area contributed by atoms with Crippen LogP contribution in [-0.2, 0) is 9.31 Å². The fourth-order valence-corrected chi connectivity index (χ4v) is 3.06. The monoisotopic (exact) mass is 329 g/mol. The predicted molar refractivity (Wildman–Crippen MR) is 81.9 cm³/mol. The summed E-state index contributed by atoms with van der Waals surface area (Å²) in [6.45, 7) is 7.86. The number of hydrogen-bond acceptors (Lipinski definition) is 3. The van der Waals surface area contributed by atoms with Gasteiger partial charge in [0.1, 0.15) is 0 Å². The van der Waals surface area contributed by atoms with Gasteiger partial charge in [-0.25, -0.2) is 8.78 Å². The molecule has 0 spiro atoms. The molecule has 3 rings (SSSR count). The third-order valence-corrected chi connectivity index (χ3v) is 5.20. The minimum atomic E-state index is -2.58. The molecule has 1 saturated carbocycles. The lowest BCUT2D eigenvalue weighted by molar-refractivity contribution is -0.0875. The van der Waals surface area contributed by atoms with E-state index in [2.05, 4.69) is 4.98 Å². The Labute approximate surface area is 134 Å². The normalized spacial score (nSPS) is 26.0. The Hall–Kier alpha value is -0.715. The number of halogens is 3. The summed E-state index contributed by atoms with van der Waals surface area (Å²) in [5, 5.41) is 0.396. The maximum absolute atomic E-state index is 13.0. The van der Waals surface area contributed by atoms with E-state index in [1.165, 1.54) is 0 Å². The molecular formula is C15H19BClF2NO2. The summed E-state index contributed by atoms with van der Waals surface area (Å²) in [7, 11) is -0.549. The predicted octanol–water partition coefficient (Wildman–Crippen LogP) is 3.55. The molecule has 2 aliphatic rings. The van der Waals surface area contributed by atoms with E-state index >= 15 is 0 Å². The van der Waals surface area contributed by atoms with Gasteiger partial charge in [0.15, 0.2) is 0 Å². The lowest BCUT2D eigenvalue weighted by Gasteiger charge is -2.34. The van der Waals surface area contributed by atoms with Gasteiger partial charge < -0.3 is 9.31 Å². The zero-order valence-corrected chi connectivity index (χ0v) is 13.9. The van der Waals surface area contributed by atoms with Crippen molar-refractivity contribution in [2.45, 2.75) is 63.6 Å². The molecule has 7 heteroatoms. The number of pyridine rings is 1. The summed E-state index contributed by atoms with van der Waals surface area (Å²) >= 11 is 6.23. The van der Waals surface area contributed by atoms with Crippen molar-refractivity contribution in [1.29, 1.82) is 0 Å². The molecule has 22 heavy (non-hydrogen) atoms. The zero-order chi connectivity index (χ0) is 16.3. The Balaban J connectivity index is 1.79. The van der Waals surface area contributed by atoms with Crippen molar-refractivity contribution in [3.63, 3.8) is 0 Å². The minimum absolute atomic E-state index is 0.185. The average molecular weight is 330 g/mol. The quantitative estimate of drug-likeness (QED) is 0.778. The molecule has 0 atom stereocenters. The van der Waals surface area contributed by atoms with Crippen molar-refractivity contribution >= 4 is 24.2 Å². The second kappa shape index (κ2) is 4.89. The van der Waals surface area contributed by atoms with Crippen molar-refractivity contribution in [1.82, 2.24) is 4.98 Å². The molecular weight excluding hydrogens is 310 g/mol. The van der Waals surface area contributed by atoms with Gasteiger partial charge in [-0.3, -0.25) is 4.98 Å². The summed E-state index contributed by atoms with van der Waals surface area (Å²) < 4.78 is 37.9. The van der Waals surface area contributed by atoms with Crippen molar-refractivity contribution in [3.8, 4) is 0 Å². The van der Waals surface area contributed by atoms with Gasteiger partial charge in [0, 0.05) is 30.4 Å². The molecule has 120 valence electrons. The van der Waals surface area contributed by atoms with E-state index in [-0.39, 0.29) is 18.8 Å². The molecule has 1 aliphatic heterocycles. The van der Waals surface area contributed by atoms with Gasteiger partial charge >= 0.3 is 7.12 Å². The molecule has 1 aliphatic carbocycles. The van der Waals surface area contributed by atoms with Gasteiger partial charge in [-0.05, 0) is 33.8 Å². The molecule has 0 aromatic carbocycles. The molecule has 2 heterocycles. The largest absolute Gasteiger partial charge is 0.496 e. The van der Waals surface area contributed by atoms with E-state index < -0.39 is 24.2 Å². The second-order valence-electron chi connectivity index (χ2n) is 7.19. The summed E-state index contributed by atoms with van der Waals surface area (Å²) in [5.74, 6) is -2.85. The van der Waals surface area contributed by atoms with E-state index in [4.69, 9.17) is 20.9 Å². The van der Waals surface area contributed by atoms with Crippen LogP contribution in [0.2, 0.25) is 5.02 Å². The lowest BCUT2D eigenvalue weighted by atomic mass is 9.77. The van der Waals surface area contributed by atoms with Gasteiger partial charge in [0.05, 0.1) is 21.9 Å². The number of alkyl halides is 2. The van der Waals surface area contributed by atoms with Crippen LogP contribution in [0.15, 0.2) is 12.3 Å². The van der Waals surface area contributed by atoms with Crippen LogP contribution in [0.25, 0.3) is 0 Å². The molecule has 1 aromatic heterocycles. The topological polar surface area (TPSA) is 31.4 Å². The Morgan fingerprint density at radius 1 is 1.18 bits per heavy atom. The van der Waals surface area contributed by atoms with Gasteiger partial charge in [-0.2, -0.15) is 0 Å². The van der Waals surface area contributed by atoms with Crippen molar-refractivity contribution in [2.24, 2.45) is 0 Å². The summed E-state index contributed by atoms with van der Waals surface area (Å²) in [6, 6.07) is 1.71. The van der Waals surface area contributed by atoms with E-state index in [9.17, 15) is 8.78 Å². The SMILES string of the molecule is CC1(C)OB(c2cnc(C3CC(F)(F)C3)c(Cl)c2)OC1(C)C. The first-order chi connectivity index (χ1) is 10.0. The lowest BCUT2D eigenvalue weighted by Crippen LogP contribution is -2.41. The molecule has 2 fully saturated rings. The van der Waals surface area contributed by atoms with Crippen LogP contribution in [0.1, 0.15) is 52.1 Å². The first-order valence-corrected chi connectivity index (χ1v) is 7.77. The highest BCUT2D eigenvalue weighted by Crippen LogP contribution is 2.49. The number of aromatic nitrogens is 1. The van der Waals surface area contributed by atoms with Crippen LogP contribution in [0.4, 0.5) is 8.78 Å². The number of nitrogens with zero attached hydrogens (tertiary/aromatic N) is 1. The Bertz CT molecular complexity index is 585. The van der Waals surface area contributed by atoms with Crippen molar-refractivity contribution < 1.29 is 18.1 Å². The standard InChI is InChI=1S/C15H19BClF2NO2/c1-13(2)14(3,4)22-16(21-13)10-5-11(17)12(20-8-10)9-6-15(18,19)7-9/h5,8-9H,6-7H2,1-4H3. The van der Waals surface area contributed by atoms with Gasteiger partial charge in [-0.1, -0.05) is 11.6 Å². The molecule has 0 bridgehead atoms. The van der Waals surface area contributed by atoms with E-state index in [1.54, 1.807) is 12.3 Å². The highest BCUT2D eigenvalue weighted by molar-refractivity contribution is 6.62. The summed E-state index contributed by atoms with van der Waals surface area (Å²) in [4.78, 5) is 4.28. The molecule has 1 aromatic rings. The highest BCUT2D eigenvalue weighted by Gasteiger charge is 2.52. The molecule has 0 amide bonds. The second-order valence-corrected chi connectivity index (χ2v) is 7.59. The van der Waals surface area contributed by atoms with Crippen LogP contribution >= 0.6 is 11.6 Å². The highest BCUT2D eigenvalue weighted by atomic mass is 35.5. The third-order valence-electron chi connectivity index (χ3n) is 4.89. The Morgan fingerprint density at radius 2 is 1.73 bits per heavy atom. The summed E-state index contributed by atoms with van der Waals surface area (Å²) in [5.41, 5.74) is 0.351. The number of hydrogen-bond donors (Lipinski definition) is 0. The van der Waals surface area contributed by atoms with E-state index in [0.717, 1.165) is 0 Å². The smallest absolute Gasteiger partial charge is 0.399 e. The molecule has 1 saturated heterocycles. The van der Waals surface area contributed by atoms with E-state index in [0.29, 0.717) is 16.2 Å². The Morgan fingerprint density at radius 3 is 2.18 bits per heavy atom. The third kappa shape index (κ3) is 2.65. The van der Waals surface area contributed by atoms with E-state index in [1.807, 2.05) is 27.7 Å². The first-order valence-electron chi connectivity index (χ1n) is 7.40. The van der Waals surface area contributed by atoms with Gasteiger partial charge in [0.25, 0.3) is 0 Å². The van der Waals surface area contributed by atoms with Crippen LogP contribution < -0.4 is 5.46 Å². The minimum Gasteiger partial charge on any atom is -0.399 e. The van der Waals surface area contributed by atoms with Crippen LogP contribution in [0, 0.1) is 0 Å². The maximum atomic E-state index is 13.0. The fraction of sp³-hybridized carbons (Fsp3) is 0.667. The molecule has 0 unspecified atom stereocenters. The van der Waals surface area contributed by atoms with Crippen molar-refractivity contribution in [2.75, 3.05) is 0 Å². The fourth-order valence-electron chi connectivity index (χ4n) is 2.73. The molecule has 0 N–H and O–H groups in total. The van der Waals surface area contributed by atoms with Crippen molar-refractivity contribution in [3.05, 3.63) is 23.0 Å². The average Bonchev–Trinajstić information content (AvgIpc) is 2.55. The van der Waals surface area contributed by atoms with Gasteiger partial charge in [0.2, 0.25) is 5.92 Å². The zero-order valence-electron chi connectivity index (χ0n) is 13.1. The van der Waals surface area contributed by atoms with Crippen LogP contribution in [-0.4, -0.2) is 29.2 Å². The van der Waals surface area contributed by atoms with Crippen LogP contribution in [0.5, 0.6) is 0 Å². The maximum Gasteiger partial charge on any atom is 0.496 e. The summed E-state index contributed by atoms with van der Waals surface area (Å²) in [6.07, 6.45) is 1.24. The number of rotatable bonds is 2. The van der Waals surface area contributed by atoms with Crippen LogP contribution in [0.3, 0.4) is 0 Å². The Kier molecular flexibility index (Phi) is 3.59. The van der Waals surface area contributed by atoms with Gasteiger partial charge in [-0.15, -0.1) is 0 Å². The first kappa shape index (κ1) is 16.2. The molecule has 0 radical (unpaired) electrons.